The van der Waals surface area contributed by atoms with E-state index in [4.69, 9.17) is 18.9 Å². The normalized spacial score (nSPS) is 17.2. The van der Waals surface area contributed by atoms with Crippen LogP contribution >= 0.6 is 31.9 Å². The molecule has 1 heterocycles. The van der Waals surface area contributed by atoms with E-state index in [1.54, 1.807) is 41.5 Å². The number of esters is 2. The highest BCUT2D eigenvalue weighted by Crippen LogP contribution is 2.36. The number of nitrogens with one attached hydrogen (secondary N) is 2. The molecule has 3 rings (SSSR count). The maximum Gasteiger partial charge on any atom is 0.407 e. The molecule has 0 aromatic heterocycles. The Labute approximate surface area is 334 Å². The average Bonchev–Trinajstić information content (AvgIpc) is 3.00. The Morgan fingerprint density at radius 1 is 0.722 bits per heavy atom. The summed E-state index contributed by atoms with van der Waals surface area (Å²) < 4.78 is 23.0. The molecule has 4 N–H and O–H groups in total. The smallest absolute Gasteiger partial charge is 0.407 e. The van der Waals surface area contributed by atoms with Gasteiger partial charge in [-0.2, -0.15) is 0 Å². The van der Waals surface area contributed by atoms with E-state index in [-0.39, 0.29) is 12.8 Å². The van der Waals surface area contributed by atoms with Crippen molar-refractivity contribution in [1.29, 1.82) is 0 Å². The molecule has 1 fully saturated rings. The van der Waals surface area contributed by atoms with Gasteiger partial charge in [0.1, 0.15) is 11.2 Å². The summed E-state index contributed by atoms with van der Waals surface area (Å²) >= 11 is 6.75. The fraction of sp³-hybridized carbons (Fsp3) is 0.564. The Morgan fingerprint density at radius 2 is 1.09 bits per heavy atom. The minimum atomic E-state index is -1.54. The van der Waals surface area contributed by atoms with Gasteiger partial charge in [-0.1, -0.05) is 56.1 Å². The molecule has 54 heavy (non-hydrogen) atoms. The van der Waals surface area contributed by atoms with Crippen LogP contribution in [-0.4, -0.2) is 76.0 Å². The van der Waals surface area contributed by atoms with Crippen LogP contribution in [0.15, 0.2) is 57.5 Å². The predicted octanol–water partition coefficient (Wildman–Crippen LogP) is 7.48. The summed E-state index contributed by atoms with van der Waals surface area (Å²) in [5.41, 5.74) is -2.35. The van der Waals surface area contributed by atoms with Crippen molar-refractivity contribution in [2.24, 2.45) is 10.8 Å². The van der Waals surface area contributed by atoms with E-state index in [0.717, 1.165) is 20.1 Å². The number of aliphatic hydroxyl groups excluding tert-OH is 1. The zero-order valence-corrected chi connectivity index (χ0v) is 35.8. The van der Waals surface area contributed by atoms with Crippen molar-refractivity contribution in [3.05, 3.63) is 68.6 Å². The van der Waals surface area contributed by atoms with Crippen molar-refractivity contribution in [2.75, 3.05) is 6.61 Å². The number of carboxylic acids is 1. The van der Waals surface area contributed by atoms with E-state index in [9.17, 15) is 34.2 Å². The zero-order valence-electron chi connectivity index (χ0n) is 32.6. The second-order valence-corrected chi connectivity index (χ2v) is 18.1. The van der Waals surface area contributed by atoms with Gasteiger partial charge in [-0.15, -0.1) is 0 Å². The first-order valence-corrected chi connectivity index (χ1v) is 19.0. The second kappa shape index (κ2) is 18.8. The number of carbonyl (C=O) groups excluding carboxylic acids is 4. The lowest BCUT2D eigenvalue weighted by atomic mass is 9.81. The lowest BCUT2D eigenvalue weighted by Gasteiger charge is -2.39. The van der Waals surface area contributed by atoms with Crippen LogP contribution in [0.5, 0.6) is 0 Å². The minimum absolute atomic E-state index is 0.00997. The zero-order chi connectivity index (χ0) is 41.3. The number of benzene rings is 2. The number of aliphatic hydroxyl groups is 1. The van der Waals surface area contributed by atoms with E-state index in [0.29, 0.717) is 12.8 Å². The van der Waals surface area contributed by atoms with Crippen LogP contribution in [0.25, 0.3) is 0 Å². The number of rotatable bonds is 12. The van der Waals surface area contributed by atoms with Crippen molar-refractivity contribution in [1.82, 2.24) is 10.6 Å². The van der Waals surface area contributed by atoms with Gasteiger partial charge in [0.15, 0.2) is 5.41 Å². The molecule has 1 saturated heterocycles. The largest absolute Gasteiger partial charge is 0.481 e. The summed E-state index contributed by atoms with van der Waals surface area (Å²) in [6, 6.07) is 14.1. The van der Waals surface area contributed by atoms with Crippen molar-refractivity contribution in [3.63, 3.8) is 0 Å². The van der Waals surface area contributed by atoms with Crippen LogP contribution in [0.2, 0.25) is 0 Å². The summed E-state index contributed by atoms with van der Waals surface area (Å²) in [4.78, 5) is 61.2. The fourth-order valence-electron chi connectivity index (χ4n) is 5.31. The van der Waals surface area contributed by atoms with Crippen molar-refractivity contribution >= 4 is 62.0 Å². The van der Waals surface area contributed by atoms with Crippen LogP contribution in [0, 0.1) is 10.8 Å². The van der Waals surface area contributed by atoms with Crippen molar-refractivity contribution < 1.29 is 53.1 Å². The summed E-state index contributed by atoms with van der Waals surface area (Å²) in [7, 11) is 0. The van der Waals surface area contributed by atoms with E-state index in [1.807, 2.05) is 48.5 Å². The third-order valence-corrected chi connectivity index (χ3v) is 9.08. The molecule has 300 valence electrons. The topological polar surface area (TPSA) is 187 Å². The highest BCUT2D eigenvalue weighted by Gasteiger charge is 2.54. The molecule has 2 aromatic carbocycles. The fourth-order valence-corrected chi connectivity index (χ4v) is 5.83. The SMILES string of the molecule is CC(C)(C)OC(=O)N[C@H](Cc1ccc(Br)cc1)CC1(C)C(=O)OC(C)(C)OC1=O.CC(C)(C)OC(=O)N[C@H](Cc1ccc(Br)cc1)C[C@@](C)(CO)C(=O)O. The molecule has 1 aliphatic rings. The lowest BCUT2D eigenvalue weighted by molar-refractivity contribution is -0.250. The van der Waals surface area contributed by atoms with Crippen LogP contribution in [-0.2, 0) is 46.2 Å². The number of alkyl carbamates (subject to hydrolysis) is 2. The van der Waals surface area contributed by atoms with Gasteiger partial charge in [-0.05, 0) is 116 Å². The minimum Gasteiger partial charge on any atom is -0.481 e. The number of halogens is 2. The van der Waals surface area contributed by atoms with E-state index in [1.165, 1.54) is 27.7 Å². The molecule has 1 aliphatic heterocycles. The number of hydrogen-bond acceptors (Lipinski definition) is 10. The first kappa shape index (κ1) is 46.5. The Balaban J connectivity index is 0.000000378. The van der Waals surface area contributed by atoms with Crippen molar-refractivity contribution in [2.45, 2.75) is 124 Å². The van der Waals surface area contributed by atoms with Crippen LogP contribution in [0.1, 0.15) is 93.2 Å². The van der Waals surface area contributed by atoms with E-state index >= 15 is 0 Å². The number of cyclic esters (lactones) is 2. The third-order valence-electron chi connectivity index (χ3n) is 8.03. The standard InChI is InChI=1S/C21H28BrNO6.C18H26BrNO5/c1-19(2,3)29-18(26)23-15(11-13-7-9-14(22)10-8-13)12-21(6)16(24)27-20(4,5)28-17(21)25;1-17(2,3)25-16(24)20-14(10-18(4,11-21)15(22)23)9-12-5-7-13(19)8-6-12/h7-10,15H,11-12H2,1-6H3,(H,23,26);5-8,14,21H,9-11H2,1-4H3,(H,20,24)(H,22,23)/t15-;14-,18+/m11/s1. The summed E-state index contributed by atoms with van der Waals surface area (Å²) in [5, 5.41) is 24.4. The van der Waals surface area contributed by atoms with Gasteiger partial charge in [0.25, 0.3) is 5.79 Å². The molecule has 0 radical (unpaired) electrons. The van der Waals surface area contributed by atoms with Gasteiger partial charge in [0.05, 0.1) is 12.0 Å². The Kier molecular flexibility index (Phi) is 16.1. The van der Waals surface area contributed by atoms with Crippen LogP contribution < -0.4 is 10.6 Å². The summed E-state index contributed by atoms with van der Waals surface area (Å²) in [6.45, 7) is 16.0. The molecule has 0 spiro atoms. The molecule has 2 aromatic rings. The quantitative estimate of drug-likeness (QED) is 0.0941. The van der Waals surface area contributed by atoms with Crippen molar-refractivity contribution in [3.8, 4) is 0 Å². The predicted molar refractivity (Wildman–Crippen MR) is 208 cm³/mol. The third kappa shape index (κ3) is 15.6. The molecule has 0 saturated carbocycles. The average molecular weight is 887 g/mol. The lowest BCUT2D eigenvalue weighted by Crippen LogP contribution is -2.55. The van der Waals surface area contributed by atoms with Gasteiger partial charge in [-0.3, -0.25) is 14.4 Å². The number of ether oxygens (including phenoxy) is 4. The number of aliphatic carboxylic acids is 1. The molecule has 15 heteroatoms. The van der Waals surface area contributed by atoms with Crippen LogP contribution in [0.4, 0.5) is 9.59 Å². The number of carboxylic acid groups (broad SMARTS) is 1. The van der Waals surface area contributed by atoms with Gasteiger partial charge < -0.3 is 39.8 Å². The molecule has 13 nitrogen and oxygen atoms in total. The number of amides is 2. The molecule has 0 unspecified atom stereocenters. The molecular weight excluding hydrogens is 832 g/mol. The second-order valence-electron chi connectivity index (χ2n) is 16.3. The highest BCUT2D eigenvalue weighted by atomic mass is 79.9. The Bertz CT molecular complexity index is 1600. The first-order valence-electron chi connectivity index (χ1n) is 17.4. The molecule has 3 atom stereocenters. The number of hydrogen-bond donors (Lipinski definition) is 4. The highest BCUT2D eigenvalue weighted by molar-refractivity contribution is 9.10. The molecule has 0 aliphatic carbocycles. The van der Waals surface area contributed by atoms with Gasteiger partial charge in [0, 0.05) is 34.9 Å². The van der Waals surface area contributed by atoms with E-state index < -0.39 is 76.6 Å². The van der Waals surface area contributed by atoms with Crippen LogP contribution in [0.3, 0.4) is 0 Å². The van der Waals surface area contributed by atoms with Gasteiger partial charge in [-0.25, -0.2) is 9.59 Å². The number of carbonyl (C=O) groups is 5. The van der Waals surface area contributed by atoms with Gasteiger partial charge in [0.2, 0.25) is 0 Å². The van der Waals surface area contributed by atoms with Gasteiger partial charge >= 0.3 is 30.1 Å². The van der Waals surface area contributed by atoms with E-state index in [2.05, 4.69) is 42.5 Å². The molecular formula is C39H54Br2N2O11. The maximum atomic E-state index is 12.6. The Morgan fingerprint density at radius 3 is 1.44 bits per heavy atom. The summed E-state index contributed by atoms with van der Waals surface area (Å²) in [6.07, 6.45) is -0.326. The first-order chi connectivity index (χ1) is 24.6. The molecule has 2 amide bonds. The Hall–Kier alpha value is -3.69. The molecule has 0 bridgehead atoms. The maximum absolute atomic E-state index is 12.6. The monoisotopic (exact) mass is 884 g/mol. The summed E-state index contributed by atoms with van der Waals surface area (Å²) in [5.74, 6) is -3.77.